The van der Waals surface area contributed by atoms with Crippen LogP contribution in [-0.2, 0) is 19.8 Å². The number of hydrogen-bond acceptors (Lipinski definition) is 9. The van der Waals surface area contributed by atoms with E-state index in [-0.39, 0.29) is 19.3 Å². The first-order chi connectivity index (χ1) is 25.1. The third-order valence-corrected chi connectivity index (χ3v) is 10.5. The fourth-order valence-corrected chi connectivity index (χ4v) is 6.86. The maximum absolute atomic E-state index is 9.87. The number of β-amino-alcohol motifs (C(OH)–C–C–N with tert-alkyl or cyclic N) is 1. The molecule has 0 spiro atoms. The molecule has 0 bridgehead atoms. The third kappa shape index (κ3) is 9.65. The number of aryl methyl sites for hydroxylation is 2. The van der Waals surface area contributed by atoms with Crippen molar-refractivity contribution >= 4 is 11.6 Å². The van der Waals surface area contributed by atoms with Gasteiger partial charge in [-0.2, -0.15) is 0 Å². The van der Waals surface area contributed by atoms with Crippen LogP contribution < -0.4 is 19.5 Å². The molecule has 280 valence electrons. The van der Waals surface area contributed by atoms with E-state index in [1.807, 2.05) is 56.3 Å². The van der Waals surface area contributed by atoms with Crippen LogP contribution in [0.15, 0.2) is 66.7 Å². The Morgan fingerprint density at radius 2 is 1.42 bits per heavy atom. The molecule has 1 atom stereocenters. The van der Waals surface area contributed by atoms with E-state index >= 15 is 0 Å². The van der Waals surface area contributed by atoms with Crippen LogP contribution in [0.3, 0.4) is 0 Å². The highest BCUT2D eigenvalue weighted by Crippen LogP contribution is 2.37. The molecule has 4 aromatic carbocycles. The molecule has 1 aliphatic heterocycles. The Kier molecular flexibility index (Phi) is 14.0. The number of likely N-dealkylation sites (tertiary alicyclic amines) is 1. The molecule has 5 rings (SSSR count). The standard InChI is InChI=1S/C42H53ClN2O7/c1-28-9-5-10-29(2)37(28)24-52-40-20-41(38(43)19-33(40)21-44-42(25-46,26-47)27-48)51-23-32-11-6-12-35(30(32)3)36-13-7-14-39(31(36)4)50-18-8-16-45-17-15-34(49)22-45/h5-7,9-14,19-20,34,44,46-49H,8,15-18,21-27H2,1-4H3. The zero-order valence-corrected chi connectivity index (χ0v) is 31.5. The third-order valence-electron chi connectivity index (χ3n) is 10.2. The first-order valence-corrected chi connectivity index (χ1v) is 18.4. The largest absolute Gasteiger partial charge is 0.493 e. The fourth-order valence-electron chi connectivity index (χ4n) is 6.62. The van der Waals surface area contributed by atoms with E-state index in [2.05, 4.69) is 36.2 Å². The normalized spacial score (nSPS) is 14.9. The van der Waals surface area contributed by atoms with Gasteiger partial charge in [-0.3, -0.25) is 0 Å². The van der Waals surface area contributed by atoms with Crippen molar-refractivity contribution in [1.29, 1.82) is 0 Å². The Labute approximate surface area is 312 Å². The molecule has 0 saturated carbocycles. The number of nitrogens with zero attached hydrogens (tertiary/aromatic N) is 1. The summed E-state index contributed by atoms with van der Waals surface area (Å²) in [6, 6.07) is 22.0. The maximum Gasteiger partial charge on any atom is 0.142 e. The Hall–Kier alpha value is -3.67. The Balaban J connectivity index is 1.32. The number of rotatable bonds is 18. The van der Waals surface area contributed by atoms with Crippen LogP contribution in [0, 0.1) is 27.7 Å². The minimum Gasteiger partial charge on any atom is -0.493 e. The lowest BCUT2D eigenvalue weighted by atomic mass is 9.93. The summed E-state index contributed by atoms with van der Waals surface area (Å²) < 4.78 is 19.0. The molecular formula is C42H53ClN2O7. The van der Waals surface area contributed by atoms with Gasteiger partial charge in [0.25, 0.3) is 0 Å². The summed E-state index contributed by atoms with van der Waals surface area (Å²) in [5.74, 6) is 1.86. The predicted molar refractivity (Wildman–Crippen MR) is 205 cm³/mol. The number of nitrogens with one attached hydrogen (secondary N) is 1. The quantitative estimate of drug-likeness (QED) is 0.0780. The Bertz CT molecular complexity index is 1770. The molecule has 0 radical (unpaired) electrons. The zero-order chi connectivity index (χ0) is 37.3. The second-order valence-corrected chi connectivity index (χ2v) is 14.3. The molecule has 0 aliphatic carbocycles. The number of hydrogen-bond donors (Lipinski definition) is 5. The number of halogens is 1. The van der Waals surface area contributed by atoms with Gasteiger partial charge in [0.2, 0.25) is 0 Å². The number of ether oxygens (including phenoxy) is 3. The molecule has 10 heteroatoms. The number of aliphatic hydroxyl groups is 4. The Morgan fingerprint density at radius 3 is 2.10 bits per heavy atom. The molecule has 1 heterocycles. The lowest BCUT2D eigenvalue weighted by Gasteiger charge is -2.29. The average molecular weight is 733 g/mol. The summed E-state index contributed by atoms with van der Waals surface area (Å²) in [7, 11) is 0. The fraction of sp³-hybridized carbons (Fsp3) is 0.429. The van der Waals surface area contributed by atoms with Gasteiger partial charge >= 0.3 is 0 Å². The first-order valence-electron chi connectivity index (χ1n) is 18.0. The van der Waals surface area contributed by atoms with Gasteiger partial charge in [-0.15, -0.1) is 0 Å². The first kappa shape index (κ1) is 39.5. The number of benzene rings is 4. The van der Waals surface area contributed by atoms with Gasteiger partial charge in [-0.25, -0.2) is 0 Å². The molecule has 52 heavy (non-hydrogen) atoms. The molecule has 0 aromatic heterocycles. The van der Waals surface area contributed by atoms with E-state index in [9.17, 15) is 20.4 Å². The smallest absolute Gasteiger partial charge is 0.142 e. The highest BCUT2D eigenvalue weighted by Gasteiger charge is 2.28. The molecule has 1 unspecified atom stereocenters. The summed E-state index contributed by atoms with van der Waals surface area (Å²) in [5.41, 5.74) is 8.10. The van der Waals surface area contributed by atoms with E-state index < -0.39 is 25.4 Å². The van der Waals surface area contributed by atoms with Gasteiger partial charge in [-0.05, 0) is 97.2 Å². The van der Waals surface area contributed by atoms with Crippen molar-refractivity contribution < 1.29 is 34.6 Å². The SMILES string of the molecule is Cc1cccc(C)c1COc1cc(OCc2cccc(-c3cccc(OCCCN4CCC(O)C4)c3C)c2C)c(Cl)cc1CNC(CO)(CO)CO. The molecule has 4 aromatic rings. The summed E-state index contributed by atoms with van der Waals surface area (Å²) in [6.45, 7) is 10.9. The molecule has 1 fully saturated rings. The maximum atomic E-state index is 9.87. The van der Waals surface area contributed by atoms with Gasteiger partial charge in [0.15, 0.2) is 0 Å². The van der Waals surface area contributed by atoms with Crippen LogP contribution in [0.5, 0.6) is 17.2 Å². The van der Waals surface area contributed by atoms with Crippen LogP contribution in [0.1, 0.15) is 51.8 Å². The molecular weight excluding hydrogens is 680 g/mol. The summed E-state index contributed by atoms with van der Waals surface area (Å²) in [4.78, 5) is 2.28. The van der Waals surface area contributed by atoms with E-state index in [4.69, 9.17) is 25.8 Å². The van der Waals surface area contributed by atoms with Crippen molar-refractivity contribution in [2.75, 3.05) is 46.1 Å². The zero-order valence-electron chi connectivity index (χ0n) is 30.8. The second-order valence-electron chi connectivity index (χ2n) is 13.9. The average Bonchev–Trinajstić information content (AvgIpc) is 3.56. The van der Waals surface area contributed by atoms with Crippen LogP contribution >= 0.6 is 11.6 Å². The van der Waals surface area contributed by atoms with Crippen molar-refractivity contribution in [3.63, 3.8) is 0 Å². The molecule has 1 saturated heterocycles. The van der Waals surface area contributed by atoms with E-state index in [1.54, 1.807) is 12.1 Å². The van der Waals surface area contributed by atoms with E-state index in [0.29, 0.717) is 35.3 Å². The molecule has 9 nitrogen and oxygen atoms in total. The highest BCUT2D eigenvalue weighted by atomic mass is 35.5. The van der Waals surface area contributed by atoms with E-state index in [1.165, 1.54) is 0 Å². The van der Waals surface area contributed by atoms with Crippen molar-refractivity contribution in [1.82, 2.24) is 10.2 Å². The van der Waals surface area contributed by atoms with Gasteiger partial charge < -0.3 is 44.9 Å². The minimum absolute atomic E-state index is 0.176. The summed E-state index contributed by atoms with van der Waals surface area (Å²) in [6.07, 6.45) is 1.53. The van der Waals surface area contributed by atoms with Crippen LogP contribution in [-0.4, -0.2) is 83.0 Å². The van der Waals surface area contributed by atoms with Crippen molar-refractivity contribution in [2.24, 2.45) is 0 Å². The monoisotopic (exact) mass is 732 g/mol. The van der Waals surface area contributed by atoms with Gasteiger partial charge in [0.05, 0.1) is 43.1 Å². The van der Waals surface area contributed by atoms with Crippen molar-refractivity contribution in [3.05, 3.63) is 111 Å². The minimum atomic E-state index is -1.27. The number of aliphatic hydroxyl groups excluding tert-OH is 4. The Morgan fingerprint density at radius 1 is 0.769 bits per heavy atom. The van der Waals surface area contributed by atoms with Crippen LogP contribution in [0.25, 0.3) is 11.1 Å². The lowest BCUT2D eigenvalue weighted by Crippen LogP contribution is -2.54. The van der Waals surface area contributed by atoms with Gasteiger partial charge in [-0.1, -0.05) is 60.1 Å². The molecule has 0 amide bonds. The van der Waals surface area contributed by atoms with E-state index in [0.717, 1.165) is 82.7 Å². The summed E-state index contributed by atoms with van der Waals surface area (Å²) >= 11 is 6.80. The van der Waals surface area contributed by atoms with Crippen molar-refractivity contribution in [3.8, 4) is 28.4 Å². The van der Waals surface area contributed by atoms with Crippen LogP contribution in [0.2, 0.25) is 5.02 Å². The highest BCUT2D eigenvalue weighted by molar-refractivity contribution is 6.32. The lowest BCUT2D eigenvalue weighted by molar-refractivity contribution is 0.0412. The van der Waals surface area contributed by atoms with Crippen LogP contribution in [0.4, 0.5) is 0 Å². The molecule has 1 aliphatic rings. The summed E-state index contributed by atoms with van der Waals surface area (Å²) in [5, 5.41) is 42.9. The topological polar surface area (TPSA) is 124 Å². The predicted octanol–water partition coefficient (Wildman–Crippen LogP) is 6.04. The van der Waals surface area contributed by atoms with Gasteiger partial charge in [0, 0.05) is 37.8 Å². The van der Waals surface area contributed by atoms with Crippen molar-refractivity contribution in [2.45, 2.75) is 71.9 Å². The second kappa shape index (κ2) is 18.4. The van der Waals surface area contributed by atoms with Gasteiger partial charge in [0.1, 0.15) is 30.5 Å². The molecule has 5 N–H and O–H groups in total.